The van der Waals surface area contributed by atoms with Crippen LogP contribution in [-0.4, -0.2) is 39.1 Å². The van der Waals surface area contributed by atoms with E-state index in [4.69, 9.17) is 15.5 Å². The van der Waals surface area contributed by atoms with Gasteiger partial charge in [0.25, 0.3) is 0 Å². The van der Waals surface area contributed by atoms with E-state index in [1.54, 1.807) is 7.11 Å². The summed E-state index contributed by atoms with van der Waals surface area (Å²) in [6.07, 6.45) is 2.55. The number of amides is 2. The summed E-state index contributed by atoms with van der Waals surface area (Å²) in [5, 5.41) is 2.99. The molecule has 0 saturated carbocycles. The third kappa shape index (κ3) is 4.22. The van der Waals surface area contributed by atoms with Gasteiger partial charge in [-0.05, 0) is 24.5 Å². The molecule has 0 radical (unpaired) electrons. The Balaban J connectivity index is 1.69. The molecule has 4 rings (SSSR count). The number of nitrogen functional groups attached to an aromatic ring is 1. The minimum absolute atomic E-state index is 0.141. The lowest BCUT2D eigenvalue weighted by Crippen LogP contribution is -2.39. The summed E-state index contributed by atoms with van der Waals surface area (Å²) in [5.41, 5.74) is 10.8. The first-order valence-electron chi connectivity index (χ1n) is 11.3. The second kappa shape index (κ2) is 9.06. The predicted octanol–water partition coefficient (Wildman–Crippen LogP) is 4.22. The highest BCUT2D eigenvalue weighted by Gasteiger charge is 2.28. The quantitative estimate of drug-likeness (QED) is 0.603. The maximum Gasteiger partial charge on any atom is 0.322 e. The van der Waals surface area contributed by atoms with E-state index in [0.29, 0.717) is 42.7 Å². The number of aromatic nitrogens is 3. The summed E-state index contributed by atoms with van der Waals surface area (Å²) >= 11 is 0. The Kier molecular flexibility index (Phi) is 6.21. The number of benzene rings is 1. The van der Waals surface area contributed by atoms with Crippen molar-refractivity contribution in [1.82, 2.24) is 19.4 Å². The number of pyridine rings is 1. The highest BCUT2D eigenvalue weighted by Crippen LogP contribution is 2.32. The van der Waals surface area contributed by atoms with Gasteiger partial charge in [-0.25, -0.2) is 14.8 Å². The molecule has 3 N–H and O–H groups in total. The summed E-state index contributed by atoms with van der Waals surface area (Å²) < 4.78 is 7.56. The van der Waals surface area contributed by atoms with Crippen LogP contribution >= 0.6 is 0 Å². The zero-order chi connectivity index (χ0) is 22.8. The van der Waals surface area contributed by atoms with Crippen molar-refractivity contribution >= 4 is 28.6 Å². The predicted molar refractivity (Wildman–Crippen MR) is 127 cm³/mol. The molecular formula is C24H32N6O2. The zero-order valence-electron chi connectivity index (χ0n) is 19.3. The number of hydrogen-bond donors (Lipinski definition) is 2. The van der Waals surface area contributed by atoms with Crippen molar-refractivity contribution in [1.29, 1.82) is 0 Å². The van der Waals surface area contributed by atoms with Crippen LogP contribution in [0.5, 0.6) is 5.75 Å². The van der Waals surface area contributed by atoms with Crippen molar-refractivity contribution in [2.24, 2.45) is 5.92 Å². The van der Waals surface area contributed by atoms with Crippen molar-refractivity contribution in [3.8, 4) is 5.75 Å². The van der Waals surface area contributed by atoms with Gasteiger partial charge < -0.3 is 25.3 Å². The monoisotopic (exact) mass is 436 g/mol. The average Bonchev–Trinajstić information content (AvgIpc) is 3.12. The Bertz CT molecular complexity index is 1140. The van der Waals surface area contributed by atoms with Gasteiger partial charge in [0.1, 0.15) is 17.1 Å². The van der Waals surface area contributed by atoms with E-state index in [1.165, 1.54) is 0 Å². The van der Waals surface area contributed by atoms with Crippen LogP contribution in [0.15, 0.2) is 24.3 Å². The molecule has 0 unspecified atom stereocenters. The average molecular weight is 437 g/mol. The van der Waals surface area contributed by atoms with Gasteiger partial charge in [-0.1, -0.05) is 26.8 Å². The molecule has 1 aliphatic rings. The first-order valence-corrected chi connectivity index (χ1v) is 11.3. The standard InChI is InChI=1S/C24H32N6O2/c1-5-7-20-28-21-22(30(20)13-15(2)3)18-14-29(11-10-19(18)27-23(21)25)24(31)26-16-8-6-9-17(12-16)32-4/h6,8-9,12,15H,5,7,10-11,13-14H2,1-4H3,(H2,25,27)(H,26,31). The highest BCUT2D eigenvalue weighted by atomic mass is 16.5. The van der Waals surface area contributed by atoms with E-state index >= 15 is 0 Å². The van der Waals surface area contributed by atoms with Crippen LogP contribution in [0.25, 0.3) is 11.0 Å². The van der Waals surface area contributed by atoms with Crippen molar-refractivity contribution in [2.75, 3.05) is 24.7 Å². The van der Waals surface area contributed by atoms with Crippen molar-refractivity contribution in [2.45, 2.75) is 53.1 Å². The van der Waals surface area contributed by atoms with E-state index in [1.807, 2.05) is 29.2 Å². The van der Waals surface area contributed by atoms with Crippen LogP contribution in [0.2, 0.25) is 0 Å². The van der Waals surface area contributed by atoms with Gasteiger partial charge in [0.05, 0.1) is 24.9 Å². The van der Waals surface area contributed by atoms with E-state index in [2.05, 4.69) is 35.6 Å². The van der Waals surface area contributed by atoms with Crippen LogP contribution in [0, 0.1) is 5.92 Å². The molecule has 2 amide bonds. The lowest BCUT2D eigenvalue weighted by atomic mass is 10.0. The number of carbonyl (C=O) groups excluding carboxylic acids is 1. The summed E-state index contributed by atoms with van der Waals surface area (Å²) in [6.45, 7) is 8.47. The molecule has 0 spiro atoms. The maximum atomic E-state index is 13.1. The van der Waals surface area contributed by atoms with Crippen LogP contribution in [-0.2, 0) is 25.9 Å². The van der Waals surface area contributed by atoms with Gasteiger partial charge in [-0.3, -0.25) is 0 Å². The molecule has 1 aliphatic heterocycles. The number of methoxy groups -OCH3 is 1. The second-order valence-electron chi connectivity index (χ2n) is 8.74. The SMILES string of the molecule is CCCc1nc2c(N)nc3c(c2n1CC(C)C)CN(C(=O)Nc1cccc(OC)c1)CC3. The molecule has 0 aliphatic carbocycles. The lowest BCUT2D eigenvalue weighted by molar-refractivity contribution is 0.206. The minimum Gasteiger partial charge on any atom is -0.497 e. The number of nitrogens with zero attached hydrogens (tertiary/aromatic N) is 4. The molecule has 170 valence electrons. The molecule has 0 saturated heterocycles. The number of fused-ring (bicyclic) bond motifs is 3. The smallest absolute Gasteiger partial charge is 0.322 e. The molecule has 3 aromatic rings. The summed E-state index contributed by atoms with van der Waals surface area (Å²) in [7, 11) is 1.61. The molecule has 1 aromatic carbocycles. The van der Waals surface area contributed by atoms with Crippen LogP contribution in [0.1, 0.15) is 44.3 Å². The van der Waals surface area contributed by atoms with Gasteiger partial charge in [0.2, 0.25) is 0 Å². The number of carbonyl (C=O) groups is 1. The number of rotatable bonds is 6. The molecule has 0 fully saturated rings. The number of anilines is 2. The van der Waals surface area contributed by atoms with Gasteiger partial charge in [0.15, 0.2) is 5.82 Å². The van der Waals surface area contributed by atoms with Crippen LogP contribution in [0.4, 0.5) is 16.3 Å². The van der Waals surface area contributed by atoms with Gasteiger partial charge in [-0.15, -0.1) is 0 Å². The number of imidazole rings is 1. The van der Waals surface area contributed by atoms with Crippen molar-refractivity contribution in [3.63, 3.8) is 0 Å². The van der Waals surface area contributed by atoms with Gasteiger partial charge in [-0.2, -0.15) is 0 Å². The number of aryl methyl sites for hydroxylation is 1. The zero-order valence-corrected chi connectivity index (χ0v) is 19.3. The largest absolute Gasteiger partial charge is 0.497 e. The summed E-state index contributed by atoms with van der Waals surface area (Å²) in [6, 6.07) is 7.23. The van der Waals surface area contributed by atoms with Crippen LogP contribution in [0.3, 0.4) is 0 Å². The summed E-state index contributed by atoms with van der Waals surface area (Å²) in [5.74, 6) is 2.68. The normalized spacial score (nSPS) is 13.5. The van der Waals surface area contributed by atoms with E-state index in [0.717, 1.165) is 47.5 Å². The van der Waals surface area contributed by atoms with E-state index < -0.39 is 0 Å². The van der Waals surface area contributed by atoms with Crippen LogP contribution < -0.4 is 15.8 Å². The molecule has 32 heavy (non-hydrogen) atoms. The second-order valence-corrected chi connectivity index (χ2v) is 8.74. The molecule has 0 atom stereocenters. The molecule has 2 aromatic heterocycles. The van der Waals surface area contributed by atoms with E-state index in [9.17, 15) is 4.79 Å². The highest BCUT2D eigenvalue weighted by molar-refractivity contribution is 5.92. The maximum absolute atomic E-state index is 13.1. The molecule has 8 heteroatoms. The number of hydrogen-bond acceptors (Lipinski definition) is 5. The first kappa shape index (κ1) is 21.9. The molecule has 3 heterocycles. The van der Waals surface area contributed by atoms with Crippen molar-refractivity contribution < 1.29 is 9.53 Å². The molecule has 0 bridgehead atoms. The Morgan fingerprint density at radius 2 is 2.12 bits per heavy atom. The van der Waals surface area contributed by atoms with Crippen molar-refractivity contribution in [3.05, 3.63) is 41.3 Å². The fraction of sp³-hybridized carbons (Fsp3) is 0.458. The topological polar surface area (TPSA) is 98.3 Å². The Morgan fingerprint density at radius 3 is 2.84 bits per heavy atom. The first-order chi connectivity index (χ1) is 15.4. The minimum atomic E-state index is -0.141. The fourth-order valence-electron chi connectivity index (χ4n) is 4.32. The Morgan fingerprint density at radius 1 is 1.31 bits per heavy atom. The number of ether oxygens (including phenoxy) is 1. The number of nitrogens with two attached hydrogens (primary N) is 1. The third-order valence-corrected chi connectivity index (χ3v) is 5.78. The molecule has 8 nitrogen and oxygen atoms in total. The lowest BCUT2D eigenvalue weighted by Gasteiger charge is -2.29. The number of urea groups is 1. The Hall–Kier alpha value is -3.29. The van der Waals surface area contributed by atoms with Gasteiger partial charge >= 0.3 is 6.03 Å². The number of nitrogens with one attached hydrogen (secondary N) is 1. The third-order valence-electron chi connectivity index (χ3n) is 5.78. The summed E-state index contributed by atoms with van der Waals surface area (Å²) in [4.78, 5) is 24.4. The van der Waals surface area contributed by atoms with E-state index in [-0.39, 0.29) is 6.03 Å². The Labute approximate surface area is 188 Å². The fourth-order valence-corrected chi connectivity index (χ4v) is 4.32. The van der Waals surface area contributed by atoms with Gasteiger partial charge in [0, 0.05) is 43.2 Å². The molecular weight excluding hydrogens is 404 g/mol.